The number of benzene rings is 1. The molecule has 0 fully saturated rings. The third kappa shape index (κ3) is 6.70. The van der Waals surface area contributed by atoms with Crippen LogP contribution < -0.4 is 10.6 Å². The van der Waals surface area contributed by atoms with Crippen molar-refractivity contribution in [2.45, 2.75) is 39.2 Å². The largest absolute Gasteiger partial charge is 0.445 e. The smallest absolute Gasteiger partial charge is 0.408 e. The number of rotatable bonds is 7. The van der Waals surface area contributed by atoms with Crippen molar-refractivity contribution in [3.8, 4) is 0 Å². The molecule has 0 unspecified atom stereocenters. The lowest BCUT2D eigenvalue weighted by Gasteiger charge is -2.24. The van der Waals surface area contributed by atoms with Crippen LogP contribution in [-0.2, 0) is 20.7 Å². The fourth-order valence-electron chi connectivity index (χ4n) is 1.81. The first-order valence-corrected chi connectivity index (χ1v) is 9.12. The zero-order valence-electron chi connectivity index (χ0n) is 13.8. The van der Waals surface area contributed by atoms with E-state index in [0.29, 0.717) is 0 Å². The zero-order chi connectivity index (χ0) is 18.3. The van der Waals surface area contributed by atoms with Gasteiger partial charge in [-0.3, -0.25) is 9.36 Å². The number of ether oxygens (including phenoxy) is 1. The van der Waals surface area contributed by atoms with E-state index in [1.165, 1.54) is 6.92 Å². The van der Waals surface area contributed by atoms with E-state index in [9.17, 15) is 14.2 Å². The number of alkyl carbamates (subject to hydrolysis) is 1. The fraction of sp³-hybridized carbons (Fsp3) is 0.467. The summed E-state index contributed by atoms with van der Waals surface area (Å²) in [6.45, 7) is 4.65. The quantitative estimate of drug-likeness (QED) is 0.549. The molecule has 2 amide bonds. The SMILES string of the molecule is CC(C)[C@H](NC(=O)OCc1ccccc1)C(=O)N[C@@H](C)P(=O)(O)O. The van der Waals surface area contributed by atoms with Gasteiger partial charge >= 0.3 is 13.7 Å². The van der Waals surface area contributed by atoms with Crippen molar-refractivity contribution in [2.75, 3.05) is 0 Å². The van der Waals surface area contributed by atoms with Crippen LogP contribution in [0.2, 0.25) is 0 Å². The predicted octanol–water partition coefficient (Wildman–Crippen LogP) is 1.58. The number of hydrogen-bond donors (Lipinski definition) is 4. The molecule has 0 aliphatic rings. The van der Waals surface area contributed by atoms with E-state index in [1.807, 2.05) is 18.2 Å². The summed E-state index contributed by atoms with van der Waals surface area (Å²) < 4.78 is 16.2. The van der Waals surface area contributed by atoms with Crippen LogP contribution in [0.25, 0.3) is 0 Å². The molecule has 0 bridgehead atoms. The van der Waals surface area contributed by atoms with Crippen molar-refractivity contribution in [3.63, 3.8) is 0 Å². The van der Waals surface area contributed by atoms with Crippen molar-refractivity contribution in [2.24, 2.45) is 5.92 Å². The number of carbonyl (C=O) groups excluding carboxylic acids is 2. The van der Waals surface area contributed by atoms with E-state index in [2.05, 4.69) is 10.6 Å². The van der Waals surface area contributed by atoms with Gasteiger partial charge in [0.1, 0.15) is 18.4 Å². The van der Waals surface area contributed by atoms with Gasteiger partial charge in [0.05, 0.1) is 0 Å². The maximum atomic E-state index is 12.1. The molecule has 8 nitrogen and oxygen atoms in total. The molecule has 0 saturated heterocycles. The first-order valence-electron chi connectivity index (χ1n) is 7.44. The van der Waals surface area contributed by atoms with Crippen LogP contribution in [0.4, 0.5) is 4.79 Å². The molecule has 0 radical (unpaired) electrons. The zero-order valence-corrected chi connectivity index (χ0v) is 14.7. The molecule has 1 rings (SSSR count). The Kier molecular flexibility index (Phi) is 7.41. The van der Waals surface area contributed by atoms with E-state index in [-0.39, 0.29) is 12.5 Å². The highest BCUT2D eigenvalue weighted by Crippen LogP contribution is 2.39. The maximum absolute atomic E-state index is 12.1. The van der Waals surface area contributed by atoms with Gasteiger partial charge in [0.25, 0.3) is 0 Å². The summed E-state index contributed by atoms with van der Waals surface area (Å²) in [5.74, 6) is -2.32. The molecule has 0 aromatic heterocycles. The van der Waals surface area contributed by atoms with Crippen LogP contribution in [0.15, 0.2) is 30.3 Å². The molecule has 4 N–H and O–H groups in total. The average Bonchev–Trinajstić information content (AvgIpc) is 2.50. The minimum atomic E-state index is -4.44. The second kappa shape index (κ2) is 8.82. The molecule has 24 heavy (non-hydrogen) atoms. The Balaban J connectivity index is 2.60. The molecule has 0 aliphatic carbocycles. The van der Waals surface area contributed by atoms with Crippen molar-refractivity contribution in [3.05, 3.63) is 35.9 Å². The van der Waals surface area contributed by atoms with Crippen LogP contribution in [0.1, 0.15) is 26.3 Å². The van der Waals surface area contributed by atoms with Gasteiger partial charge < -0.3 is 25.2 Å². The van der Waals surface area contributed by atoms with Gasteiger partial charge in [-0.05, 0) is 18.4 Å². The van der Waals surface area contributed by atoms with Gasteiger partial charge in [-0.25, -0.2) is 4.79 Å². The van der Waals surface area contributed by atoms with Gasteiger partial charge in [-0.15, -0.1) is 0 Å². The predicted molar refractivity (Wildman–Crippen MR) is 88.0 cm³/mol. The Labute approximate surface area is 140 Å². The van der Waals surface area contributed by atoms with Gasteiger partial charge in [0.2, 0.25) is 5.91 Å². The van der Waals surface area contributed by atoms with Crippen LogP contribution in [0, 0.1) is 5.92 Å². The van der Waals surface area contributed by atoms with Crippen molar-refractivity contribution < 1.29 is 28.7 Å². The number of nitrogens with one attached hydrogen (secondary N) is 2. The molecule has 0 heterocycles. The normalized spacial score (nSPS) is 13.9. The van der Waals surface area contributed by atoms with E-state index in [0.717, 1.165) is 5.56 Å². The molecule has 0 saturated carbocycles. The number of carbonyl (C=O) groups is 2. The second-order valence-electron chi connectivity index (χ2n) is 5.70. The highest BCUT2D eigenvalue weighted by atomic mass is 31.2. The Morgan fingerprint density at radius 3 is 2.21 bits per heavy atom. The fourth-order valence-corrected chi connectivity index (χ4v) is 2.10. The van der Waals surface area contributed by atoms with Gasteiger partial charge in [0.15, 0.2) is 0 Å². The number of hydrogen-bond acceptors (Lipinski definition) is 4. The number of amides is 2. The minimum absolute atomic E-state index is 0.0536. The van der Waals surface area contributed by atoms with Gasteiger partial charge in [-0.2, -0.15) is 0 Å². The highest BCUT2D eigenvalue weighted by Gasteiger charge is 2.31. The summed E-state index contributed by atoms with van der Waals surface area (Å²) in [5.41, 5.74) is 0.799. The molecule has 9 heteroatoms. The van der Waals surface area contributed by atoms with Crippen molar-refractivity contribution in [1.29, 1.82) is 0 Å². The van der Waals surface area contributed by atoms with Gasteiger partial charge in [0, 0.05) is 0 Å². The third-order valence-electron chi connectivity index (χ3n) is 3.29. The second-order valence-corrected chi connectivity index (χ2v) is 7.65. The Morgan fingerprint density at radius 2 is 1.71 bits per heavy atom. The summed E-state index contributed by atoms with van der Waals surface area (Å²) in [7, 11) is -4.44. The Hall–Kier alpha value is -1.89. The molecule has 1 aromatic rings. The van der Waals surface area contributed by atoms with Crippen LogP contribution >= 0.6 is 7.60 Å². The lowest BCUT2D eigenvalue weighted by molar-refractivity contribution is -0.124. The minimum Gasteiger partial charge on any atom is -0.445 e. The maximum Gasteiger partial charge on any atom is 0.408 e. The first kappa shape index (κ1) is 20.2. The molecular weight excluding hydrogens is 335 g/mol. The molecule has 1 aromatic carbocycles. The molecule has 2 atom stereocenters. The summed E-state index contributed by atoms with van der Waals surface area (Å²) in [4.78, 5) is 42.0. The highest BCUT2D eigenvalue weighted by molar-refractivity contribution is 7.52. The van der Waals surface area contributed by atoms with Gasteiger partial charge in [-0.1, -0.05) is 44.2 Å². The summed E-state index contributed by atoms with van der Waals surface area (Å²) in [6, 6.07) is 8.07. The van der Waals surface area contributed by atoms with Crippen LogP contribution in [-0.4, -0.2) is 33.6 Å². The molecule has 0 aliphatic heterocycles. The molecule has 0 spiro atoms. The van der Waals surface area contributed by atoms with Crippen molar-refractivity contribution >= 4 is 19.6 Å². The topological polar surface area (TPSA) is 125 Å². The van der Waals surface area contributed by atoms with E-state index in [1.54, 1.807) is 26.0 Å². The first-order chi connectivity index (χ1) is 11.1. The van der Waals surface area contributed by atoms with Crippen LogP contribution in [0.5, 0.6) is 0 Å². The Morgan fingerprint density at radius 1 is 1.12 bits per heavy atom. The lowest BCUT2D eigenvalue weighted by Crippen LogP contribution is -2.51. The Bertz CT molecular complexity index is 601. The average molecular weight is 358 g/mol. The standard InChI is InChI=1S/C15H23N2O6P/c1-10(2)13(14(18)16-11(3)24(20,21)22)17-15(19)23-9-12-7-5-4-6-8-12/h4-8,10-11,13H,9H2,1-3H3,(H,16,18)(H,17,19)(H2,20,21,22)/t11-,13+/m1/s1. The summed E-state index contributed by atoms with van der Waals surface area (Å²) in [6.07, 6.45) is -0.781. The summed E-state index contributed by atoms with van der Waals surface area (Å²) >= 11 is 0. The van der Waals surface area contributed by atoms with E-state index in [4.69, 9.17) is 14.5 Å². The van der Waals surface area contributed by atoms with E-state index >= 15 is 0 Å². The summed E-state index contributed by atoms with van der Waals surface area (Å²) in [5, 5.41) is 4.63. The molecular formula is C15H23N2O6P. The lowest BCUT2D eigenvalue weighted by atomic mass is 10.0. The van der Waals surface area contributed by atoms with Crippen molar-refractivity contribution in [1.82, 2.24) is 10.6 Å². The monoisotopic (exact) mass is 358 g/mol. The molecule has 134 valence electrons. The third-order valence-corrected chi connectivity index (χ3v) is 4.43. The van der Waals surface area contributed by atoms with E-state index < -0.39 is 31.4 Å². The van der Waals surface area contributed by atoms with Crippen LogP contribution in [0.3, 0.4) is 0 Å².